The summed E-state index contributed by atoms with van der Waals surface area (Å²) in [7, 11) is 0. The molecule has 0 amide bonds. The van der Waals surface area contributed by atoms with Gasteiger partial charge in [0.15, 0.2) is 5.69 Å². The first-order valence-electron chi connectivity index (χ1n) is 6.39. The highest BCUT2D eigenvalue weighted by atomic mass is 19.4. The van der Waals surface area contributed by atoms with Crippen LogP contribution in [0, 0.1) is 5.92 Å². The van der Waals surface area contributed by atoms with Crippen LogP contribution in [-0.4, -0.2) is 36.3 Å². The molecule has 2 heterocycles. The van der Waals surface area contributed by atoms with Crippen molar-refractivity contribution in [3.8, 4) is 5.88 Å². The summed E-state index contributed by atoms with van der Waals surface area (Å²) in [5, 5.41) is 2.66. The maximum Gasteiger partial charge on any atom is 0.433 e. The maximum absolute atomic E-state index is 12.7. The van der Waals surface area contributed by atoms with Gasteiger partial charge in [-0.15, -0.1) is 0 Å². The van der Waals surface area contributed by atoms with Crippen molar-refractivity contribution in [2.75, 3.05) is 31.7 Å². The van der Waals surface area contributed by atoms with Gasteiger partial charge in [-0.2, -0.15) is 18.2 Å². The minimum atomic E-state index is -4.53. The number of anilines is 1. The molecule has 1 aromatic heterocycles. The Morgan fingerprint density at radius 3 is 2.85 bits per heavy atom. The van der Waals surface area contributed by atoms with E-state index in [0.717, 1.165) is 12.5 Å². The zero-order valence-corrected chi connectivity index (χ0v) is 11.0. The summed E-state index contributed by atoms with van der Waals surface area (Å²) in [6.07, 6.45) is -3.68. The lowest BCUT2D eigenvalue weighted by molar-refractivity contribution is -0.141. The van der Waals surface area contributed by atoms with Crippen molar-refractivity contribution >= 4 is 5.95 Å². The Morgan fingerprint density at radius 1 is 1.45 bits per heavy atom. The minimum absolute atomic E-state index is 0.0739. The predicted octanol–water partition coefficient (Wildman–Crippen LogP) is 2.34. The van der Waals surface area contributed by atoms with Crippen LogP contribution in [0.4, 0.5) is 19.1 Å². The standard InChI is InChI=1S/C12H16F3N3O2/c1-2-16-11-17-9(12(13,14)15)5-10(18-11)20-7-8-3-4-19-6-8/h5,8H,2-4,6-7H2,1H3,(H,16,17,18). The lowest BCUT2D eigenvalue weighted by Gasteiger charge is -2.13. The van der Waals surface area contributed by atoms with E-state index in [4.69, 9.17) is 9.47 Å². The van der Waals surface area contributed by atoms with Gasteiger partial charge in [0.25, 0.3) is 0 Å². The zero-order chi connectivity index (χ0) is 14.6. The number of nitrogens with zero attached hydrogens (tertiary/aromatic N) is 2. The number of ether oxygens (including phenoxy) is 2. The fourth-order valence-electron chi connectivity index (χ4n) is 1.80. The highest BCUT2D eigenvalue weighted by molar-refractivity contribution is 5.31. The van der Waals surface area contributed by atoms with Crippen LogP contribution in [0.25, 0.3) is 0 Å². The van der Waals surface area contributed by atoms with Gasteiger partial charge in [-0.05, 0) is 13.3 Å². The number of nitrogens with one attached hydrogen (secondary N) is 1. The fraction of sp³-hybridized carbons (Fsp3) is 0.667. The molecule has 0 aromatic carbocycles. The molecule has 1 aliphatic heterocycles. The molecule has 0 saturated carbocycles. The van der Waals surface area contributed by atoms with Gasteiger partial charge in [0.05, 0.1) is 13.2 Å². The molecule has 0 bridgehead atoms. The van der Waals surface area contributed by atoms with Gasteiger partial charge in [-0.3, -0.25) is 0 Å². The maximum atomic E-state index is 12.7. The summed E-state index contributed by atoms with van der Waals surface area (Å²) < 4.78 is 48.7. The van der Waals surface area contributed by atoms with Crippen LogP contribution in [0.3, 0.4) is 0 Å². The highest BCUT2D eigenvalue weighted by Gasteiger charge is 2.34. The molecule has 20 heavy (non-hydrogen) atoms. The van der Waals surface area contributed by atoms with Crippen LogP contribution in [0.5, 0.6) is 5.88 Å². The number of rotatable bonds is 5. The summed E-state index contributed by atoms with van der Waals surface area (Å²) >= 11 is 0. The van der Waals surface area contributed by atoms with Gasteiger partial charge in [0.1, 0.15) is 0 Å². The Morgan fingerprint density at radius 2 is 2.25 bits per heavy atom. The number of halogens is 3. The summed E-state index contributed by atoms with van der Waals surface area (Å²) in [5.74, 6) is 0.0389. The molecular weight excluding hydrogens is 275 g/mol. The molecule has 0 aliphatic carbocycles. The molecule has 0 radical (unpaired) electrons. The molecule has 1 atom stereocenters. The molecule has 1 N–H and O–H groups in total. The smallest absolute Gasteiger partial charge is 0.433 e. The van der Waals surface area contributed by atoms with Crippen molar-refractivity contribution in [3.05, 3.63) is 11.8 Å². The molecule has 1 saturated heterocycles. The number of hydrogen-bond acceptors (Lipinski definition) is 5. The van der Waals surface area contributed by atoms with Crippen molar-refractivity contribution in [2.24, 2.45) is 5.92 Å². The average Bonchev–Trinajstić information content (AvgIpc) is 2.88. The first kappa shape index (κ1) is 14.8. The van der Waals surface area contributed by atoms with Gasteiger partial charge >= 0.3 is 6.18 Å². The Labute approximate surface area is 114 Å². The molecule has 1 unspecified atom stereocenters. The summed E-state index contributed by atoms with van der Waals surface area (Å²) in [5.41, 5.74) is -1.01. The van der Waals surface area contributed by atoms with Crippen LogP contribution in [0.1, 0.15) is 19.0 Å². The number of alkyl halides is 3. The second-order valence-electron chi connectivity index (χ2n) is 4.48. The Kier molecular flexibility index (Phi) is 4.64. The van der Waals surface area contributed by atoms with Crippen LogP contribution >= 0.6 is 0 Å². The van der Waals surface area contributed by atoms with E-state index in [-0.39, 0.29) is 17.7 Å². The third-order valence-electron chi connectivity index (χ3n) is 2.82. The Bertz CT molecular complexity index is 448. The molecule has 1 aliphatic rings. The van der Waals surface area contributed by atoms with E-state index >= 15 is 0 Å². The monoisotopic (exact) mass is 291 g/mol. The zero-order valence-electron chi connectivity index (χ0n) is 11.0. The Hall–Kier alpha value is -1.57. The summed E-state index contributed by atoms with van der Waals surface area (Å²) in [4.78, 5) is 7.33. The van der Waals surface area contributed by atoms with Gasteiger partial charge in [0, 0.05) is 25.1 Å². The summed E-state index contributed by atoms with van der Waals surface area (Å²) in [6.45, 7) is 3.70. The van der Waals surface area contributed by atoms with Crippen molar-refractivity contribution in [3.63, 3.8) is 0 Å². The van der Waals surface area contributed by atoms with Crippen molar-refractivity contribution in [2.45, 2.75) is 19.5 Å². The lowest BCUT2D eigenvalue weighted by atomic mass is 10.1. The van der Waals surface area contributed by atoms with Crippen LogP contribution in [0.2, 0.25) is 0 Å². The molecule has 0 spiro atoms. The predicted molar refractivity (Wildman–Crippen MR) is 65.6 cm³/mol. The second-order valence-corrected chi connectivity index (χ2v) is 4.48. The second kappa shape index (κ2) is 6.25. The van der Waals surface area contributed by atoms with Gasteiger partial charge < -0.3 is 14.8 Å². The molecule has 1 aromatic rings. The van der Waals surface area contributed by atoms with Crippen LogP contribution in [0.15, 0.2) is 6.07 Å². The van der Waals surface area contributed by atoms with E-state index in [1.165, 1.54) is 0 Å². The minimum Gasteiger partial charge on any atom is -0.477 e. The van der Waals surface area contributed by atoms with Gasteiger partial charge in [0.2, 0.25) is 11.8 Å². The molecule has 112 valence electrons. The van der Waals surface area contributed by atoms with Crippen LogP contribution in [-0.2, 0) is 10.9 Å². The molecule has 2 rings (SSSR count). The quantitative estimate of drug-likeness (QED) is 0.902. The van der Waals surface area contributed by atoms with Crippen molar-refractivity contribution < 1.29 is 22.6 Å². The molecule has 5 nitrogen and oxygen atoms in total. The summed E-state index contributed by atoms with van der Waals surface area (Å²) in [6, 6.07) is 0.816. The number of hydrogen-bond donors (Lipinski definition) is 1. The molecule has 1 fully saturated rings. The SMILES string of the molecule is CCNc1nc(OCC2CCOC2)cc(C(F)(F)F)n1. The van der Waals surface area contributed by atoms with E-state index in [1.54, 1.807) is 6.92 Å². The van der Waals surface area contributed by atoms with Crippen molar-refractivity contribution in [1.29, 1.82) is 0 Å². The largest absolute Gasteiger partial charge is 0.477 e. The Balaban J connectivity index is 2.11. The lowest BCUT2D eigenvalue weighted by Crippen LogP contribution is -2.16. The fourth-order valence-corrected chi connectivity index (χ4v) is 1.80. The van der Waals surface area contributed by atoms with E-state index in [1.807, 2.05) is 0 Å². The third kappa shape index (κ3) is 3.96. The van der Waals surface area contributed by atoms with E-state index in [9.17, 15) is 13.2 Å². The van der Waals surface area contributed by atoms with E-state index < -0.39 is 11.9 Å². The molecule has 8 heteroatoms. The number of aromatic nitrogens is 2. The first-order chi connectivity index (χ1) is 9.49. The molecular formula is C12H16F3N3O2. The average molecular weight is 291 g/mol. The van der Waals surface area contributed by atoms with E-state index in [0.29, 0.717) is 26.4 Å². The van der Waals surface area contributed by atoms with Gasteiger partial charge in [-0.25, -0.2) is 4.98 Å². The normalized spacial score (nSPS) is 19.1. The van der Waals surface area contributed by atoms with Crippen LogP contribution < -0.4 is 10.1 Å². The first-order valence-corrected chi connectivity index (χ1v) is 6.39. The van der Waals surface area contributed by atoms with Gasteiger partial charge in [-0.1, -0.05) is 0 Å². The topological polar surface area (TPSA) is 56.3 Å². The highest BCUT2D eigenvalue weighted by Crippen LogP contribution is 2.30. The van der Waals surface area contributed by atoms with Crippen molar-refractivity contribution in [1.82, 2.24) is 9.97 Å². The third-order valence-corrected chi connectivity index (χ3v) is 2.82. The van der Waals surface area contributed by atoms with E-state index in [2.05, 4.69) is 15.3 Å².